The van der Waals surface area contributed by atoms with Crippen LogP contribution in [0.2, 0.25) is 0 Å². The smallest absolute Gasteiger partial charge is 0.133 e. The van der Waals surface area contributed by atoms with Gasteiger partial charge in [0.25, 0.3) is 0 Å². The first-order valence-electron chi connectivity index (χ1n) is 5.80. The average molecular weight is 245 g/mol. The standard InChI is InChI=1S/C14H16FN3/c1-18(10-11-4-2-6-13(15)8-11)14-12(9-16)5-3-7-17-14/h2-8H,9-10,16H2,1H3. The number of hydrogen-bond acceptors (Lipinski definition) is 3. The molecule has 0 amide bonds. The van der Waals surface area contributed by atoms with Crippen LogP contribution in [-0.2, 0) is 13.1 Å². The van der Waals surface area contributed by atoms with E-state index in [1.165, 1.54) is 12.1 Å². The van der Waals surface area contributed by atoms with E-state index in [1.807, 2.05) is 30.1 Å². The monoisotopic (exact) mass is 245 g/mol. The van der Waals surface area contributed by atoms with Crippen LogP contribution < -0.4 is 10.6 Å². The van der Waals surface area contributed by atoms with Gasteiger partial charge >= 0.3 is 0 Å². The van der Waals surface area contributed by atoms with E-state index in [0.717, 1.165) is 16.9 Å². The Morgan fingerprint density at radius 3 is 2.83 bits per heavy atom. The summed E-state index contributed by atoms with van der Waals surface area (Å²) in [6.07, 6.45) is 1.73. The van der Waals surface area contributed by atoms with E-state index in [9.17, 15) is 4.39 Å². The molecule has 0 fully saturated rings. The van der Waals surface area contributed by atoms with Crippen molar-refractivity contribution in [2.24, 2.45) is 5.73 Å². The molecule has 2 N–H and O–H groups in total. The lowest BCUT2D eigenvalue weighted by Crippen LogP contribution is -2.20. The molecule has 0 aliphatic rings. The Morgan fingerprint density at radius 1 is 1.28 bits per heavy atom. The Balaban J connectivity index is 2.19. The largest absolute Gasteiger partial charge is 0.355 e. The lowest BCUT2D eigenvalue weighted by Gasteiger charge is -2.20. The highest BCUT2D eigenvalue weighted by Gasteiger charge is 2.08. The van der Waals surface area contributed by atoms with Crippen LogP contribution in [0.5, 0.6) is 0 Å². The Bertz CT molecular complexity index is 528. The first-order chi connectivity index (χ1) is 8.70. The van der Waals surface area contributed by atoms with E-state index in [-0.39, 0.29) is 5.82 Å². The predicted octanol–water partition coefficient (Wildman–Crippen LogP) is 2.32. The lowest BCUT2D eigenvalue weighted by molar-refractivity contribution is 0.625. The Morgan fingerprint density at radius 2 is 2.11 bits per heavy atom. The van der Waals surface area contributed by atoms with Gasteiger partial charge in [-0.25, -0.2) is 9.37 Å². The number of aromatic nitrogens is 1. The molecule has 0 saturated heterocycles. The molecule has 2 aromatic rings. The van der Waals surface area contributed by atoms with Crippen molar-refractivity contribution in [1.29, 1.82) is 0 Å². The summed E-state index contributed by atoms with van der Waals surface area (Å²) in [6.45, 7) is 1.04. The van der Waals surface area contributed by atoms with Gasteiger partial charge in [0.1, 0.15) is 11.6 Å². The van der Waals surface area contributed by atoms with E-state index < -0.39 is 0 Å². The maximum atomic E-state index is 13.1. The number of pyridine rings is 1. The third-order valence-electron chi connectivity index (χ3n) is 2.76. The molecule has 0 bridgehead atoms. The Labute approximate surface area is 106 Å². The number of hydrogen-bond donors (Lipinski definition) is 1. The number of rotatable bonds is 4. The second kappa shape index (κ2) is 5.60. The van der Waals surface area contributed by atoms with Crippen LogP contribution in [0.4, 0.5) is 10.2 Å². The predicted molar refractivity (Wildman–Crippen MR) is 70.6 cm³/mol. The zero-order chi connectivity index (χ0) is 13.0. The van der Waals surface area contributed by atoms with Crippen molar-refractivity contribution < 1.29 is 4.39 Å². The van der Waals surface area contributed by atoms with E-state index in [1.54, 1.807) is 12.3 Å². The van der Waals surface area contributed by atoms with Crippen LogP contribution in [0.25, 0.3) is 0 Å². The fourth-order valence-electron chi connectivity index (χ4n) is 1.92. The lowest BCUT2D eigenvalue weighted by atomic mass is 10.2. The number of nitrogens with two attached hydrogens (primary N) is 1. The number of anilines is 1. The second-order valence-electron chi connectivity index (χ2n) is 4.18. The SMILES string of the molecule is CN(Cc1cccc(F)c1)c1ncccc1CN. The maximum absolute atomic E-state index is 13.1. The van der Waals surface area contributed by atoms with Crippen LogP contribution in [-0.4, -0.2) is 12.0 Å². The highest BCUT2D eigenvalue weighted by molar-refractivity contribution is 5.46. The number of benzene rings is 1. The third kappa shape index (κ3) is 2.84. The van der Waals surface area contributed by atoms with Gasteiger partial charge in [-0.3, -0.25) is 0 Å². The fraction of sp³-hybridized carbons (Fsp3) is 0.214. The van der Waals surface area contributed by atoms with Crippen molar-refractivity contribution >= 4 is 5.82 Å². The van der Waals surface area contributed by atoms with Crippen LogP contribution in [0.1, 0.15) is 11.1 Å². The summed E-state index contributed by atoms with van der Waals surface area (Å²) >= 11 is 0. The Kier molecular flexibility index (Phi) is 3.89. The van der Waals surface area contributed by atoms with Gasteiger partial charge in [-0.2, -0.15) is 0 Å². The van der Waals surface area contributed by atoms with Gasteiger partial charge < -0.3 is 10.6 Å². The highest BCUT2D eigenvalue weighted by atomic mass is 19.1. The average Bonchev–Trinajstić information content (AvgIpc) is 2.38. The normalized spacial score (nSPS) is 10.4. The molecule has 2 rings (SSSR count). The molecular formula is C14H16FN3. The molecular weight excluding hydrogens is 229 g/mol. The molecule has 3 nitrogen and oxygen atoms in total. The fourth-order valence-corrected chi connectivity index (χ4v) is 1.92. The summed E-state index contributed by atoms with van der Waals surface area (Å²) < 4.78 is 13.1. The minimum atomic E-state index is -0.221. The quantitative estimate of drug-likeness (QED) is 0.898. The molecule has 0 unspecified atom stereocenters. The van der Waals surface area contributed by atoms with Crippen molar-refractivity contribution in [3.05, 3.63) is 59.5 Å². The maximum Gasteiger partial charge on any atom is 0.133 e. The first kappa shape index (κ1) is 12.5. The van der Waals surface area contributed by atoms with Gasteiger partial charge in [0.15, 0.2) is 0 Å². The minimum absolute atomic E-state index is 0.221. The van der Waals surface area contributed by atoms with Crippen LogP contribution in [0, 0.1) is 5.82 Å². The number of nitrogens with zero attached hydrogens (tertiary/aromatic N) is 2. The van der Waals surface area contributed by atoms with E-state index in [2.05, 4.69) is 4.98 Å². The Hall–Kier alpha value is -1.94. The third-order valence-corrected chi connectivity index (χ3v) is 2.76. The zero-order valence-corrected chi connectivity index (χ0v) is 10.3. The summed E-state index contributed by atoms with van der Waals surface area (Å²) in [5.74, 6) is 0.616. The number of halogens is 1. The molecule has 4 heteroatoms. The van der Waals surface area contributed by atoms with Crippen LogP contribution in [0.3, 0.4) is 0 Å². The van der Waals surface area contributed by atoms with Crippen molar-refractivity contribution in [2.75, 3.05) is 11.9 Å². The molecule has 1 heterocycles. The zero-order valence-electron chi connectivity index (χ0n) is 10.3. The molecule has 0 radical (unpaired) electrons. The minimum Gasteiger partial charge on any atom is -0.355 e. The molecule has 0 aliphatic carbocycles. The summed E-state index contributed by atoms with van der Waals surface area (Å²) in [6, 6.07) is 10.4. The van der Waals surface area contributed by atoms with Gasteiger partial charge in [-0.1, -0.05) is 18.2 Å². The van der Waals surface area contributed by atoms with Crippen molar-refractivity contribution in [2.45, 2.75) is 13.1 Å². The molecule has 0 saturated carbocycles. The van der Waals surface area contributed by atoms with E-state index >= 15 is 0 Å². The van der Waals surface area contributed by atoms with Crippen molar-refractivity contribution in [3.8, 4) is 0 Å². The van der Waals surface area contributed by atoms with Crippen LogP contribution in [0.15, 0.2) is 42.6 Å². The summed E-state index contributed by atoms with van der Waals surface area (Å²) in [4.78, 5) is 6.29. The molecule has 94 valence electrons. The van der Waals surface area contributed by atoms with Gasteiger partial charge in [0, 0.05) is 31.9 Å². The van der Waals surface area contributed by atoms with Gasteiger partial charge in [-0.15, -0.1) is 0 Å². The topological polar surface area (TPSA) is 42.2 Å². The summed E-state index contributed by atoms with van der Waals surface area (Å²) in [5.41, 5.74) is 7.57. The van der Waals surface area contributed by atoms with Crippen molar-refractivity contribution in [3.63, 3.8) is 0 Å². The van der Waals surface area contributed by atoms with Gasteiger partial charge in [-0.05, 0) is 23.8 Å². The molecule has 1 aromatic carbocycles. The highest BCUT2D eigenvalue weighted by Crippen LogP contribution is 2.17. The van der Waals surface area contributed by atoms with E-state index in [0.29, 0.717) is 13.1 Å². The molecule has 0 spiro atoms. The summed E-state index contributed by atoms with van der Waals surface area (Å²) in [5, 5.41) is 0. The van der Waals surface area contributed by atoms with Crippen molar-refractivity contribution in [1.82, 2.24) is 4.98 Å². The van der Waals surface area contributed by atoms with Crippen LogP contribution >= 0.6 is 0 Å². The molecule has 18 heavy (non-hydrogen) atoms. The first-order valence-corrected chi connectivity index (χ1v) is 5.80. The van der Waals surface area contributed by atoms with Gasteiger partial charge in [0.2, 0.25) is 0 Å². The molecule has 0 aliphatic heterocycles. The summed E-state index contributed by atoms with van der Waals surface area (Å²) in [7, 11) is 1.92. The van der Waals surface area contributed by atoms with E-state index in [4.69, 9.17) is 5.73 Å². The second-order valence-corrected chi connectivity index (χ2v) is 4.18. The van der Waals surface area contributed by atoms with Gasteiger partial charge in [0.05, 0.1) is 0 Å². The molecule has 0 atom stereocenters. The molecule has 1 aromatic heterocycles.